The Bertz CT molecular complexity index is 802. The van der Waals surface area contributed by atoms with E-state index in [0.29, 0.717) is 12.1 Å². The minimum atomic E-state index is -3.62. The van der Waals surface area contributed by atoms with E-state index in [1.54, 1.807) is 36.4 Å². The van der Waals surface area contributed by atoms with Gasteiger partial charge in [0, 0.05) is 18.4 Å². The lowest BCUT2D eigenvalue weighted by Gasteiger charge is -2.24. The molecular weight excluding hydrogens is 298 g/mol. The summed E-state index contributed by atoms with van der Waals surface area (Å²) in [5.74, 6) is 0. The van der Waals surface area contributed by atoms with Crippen LogP contribution in [0.4, 0.5) is 5.69 Å². The highest BCUT2D eigenvalue weighted by atomic mass is 32.2. The van der Waals surface area contributed by atoms with Crippen LogP contribution in [0, 0.1) is 0 Å². The predicted octanol–water partition coefficient (Wildman–Crippen LogP) is 2.74. The predicted molar refractivity (Wildman–Crippen MR) is 85.4 cm³/mol. The molecule has 0 bridgehead atoms. The first-order chi connectivity index (χ1) is 10.5. The maximum atomic E-state index is 12.9. The first-order valence-corrected chi connectivity index (χ1v) is 8.54. The monoisotopic (exact) mass is 315 g/mol. The van der Waals surface area contributed by atoms with Crippen LogP contribution in [0.2, 0.25) is 0 Å². The van der Waals surface area contributed by atoms with Gasteiger partial charge in [0.15, 0.2) is 0 Å². The molecule has 0 saturated carbocycles. The van der Waals surface area contributed by atoms with Crippen molar-refractivity contribution in [2.75, 3.05) is 10.8 Å². The summed E-state index contributed by atoms with van der Waals surface area (Å²) < 4.78 is 27.3. The number of hydrogen-bond donors (Lipinski definition) is 0. The second-order valence-electron chi connectivity index (χ2n) is 5.77. The molecule has 1 aliphatic rings. The number of fused-ring (bicyclic) bond motifs is 1. The van der Waals surface area contributed by atoms with Crippen molar-refractivity contribution < 1.29 is 13.2 Å². The molecule has 1 atom stereocenters. The van der Waals surface area contributed by atoms with Crippen molar-refractivity contribution >= 4 is 22.0 Å². The topological polar surface area (TPSA) is 54.5 Å². The summed E-state index contributed by atoms with van der Waals surface area (Å²) in [5.41, 5.74) is 1.08. The molecule has 0 fully saturated rings. The van der Waals surface area contributed by atoms with E-state index < -0.39 is 15.4 Å². The van der Waals surface area contributed by atoms with Crippen molar-refractivity contribution in [1.82, 2.24) is 0 Å². The average molecular weight is 315 g/mol. The molecule has 2 aromatic rings. The maximum absolute atomic E-state index is 12.9. The molecule has 0 aliphatic carbocycles. The van der Waals surface area contributed by atoms with Gasteiger partial charge in [0.1, 0.15) is 6.29 Å². The standard InChI is InChI=1S/C17H17NO3S/c1-17(11-12-19)13-18(16-10-6-5-9-15(16)17)22(20,21)14-7-3-2-4-8-14/h2-10,12H,11,13H2,1H3. The molecular formula is C17H17NO3S. The van der Waals surface area contributed by atoms with Crippen LogP contribution in [0.25, 0.3) is 0 Å². The Morgan fingerprint density at radius 1 is 1.09 bits per heavy atom. The highest BCUT2D eigenvalue weighted by molar-refractivity contribution is 7.92. The Kier molecular flexibility index (Phi) is 3.53. The fourth-order valence-corrected chi connectivity index (χ4v) is 4.61. The fourth-order valence-electron chi connectivity index (χ4n) is 2.98. The van der Waals surface area contributed by atoms with Crippen LogP contribution in [0.15, 0.2) is 59.5 Å². The van der Waals surface area contributed by atoms with Crippen molar-refractivity contribution in [3.8, 4) is 0 Å². The first kappa shape index (κ1) is 14.8. The van der Waals surface area contributed by atoms with Gasteiger partial charge >= 0.3 is 0 Å². The lowest BCUT2D eigenvalue weighted by Crippen LogP contribution is -2.35. The number of carbonyl (C=O) groups excluding carboxylic acids is 1. The van der Waals surface area contributed by atoms with Gasteiger partial charge < -0.3 is 4.79 Å². The molecule has 0 N–H and O–H groups in total. The molecule has 0 spiro atoms. The number of aldehydes is 1. The van der Waals surface area contributed by atoms with Gasteiger partial charge in [-0.3, -0.25) is 4.31 Å². The number of nitrogens with zero attached hydrogens (tertiary/aromatic N) is 1. The summed E-state index contributed by atoms with van der Waals surface area (Å²) in [5, 5.41) is 0. The summed E-state index contributed by atoms with van der Waals surface area (Å²) in [6.07, 6.45) is 1.15. The molecule has 0 aromatic heterocycles. The largest absolute Gasteiger partial charge is 0.303 e. The lowest BCUT2D eigenvalue weighted by atomic mass is 9.82. The molecule has 5 heteroatoms. The third-order valence-electron chi connectivity index (χ3n) is 4.18. The average Bonchev–Trinajstić information content (AvgIpc) is 2.83. The van der Waals surface area contributed by atoms with Gasteiger partial charge in [-0.2, -0.15) is 0 Å². The van der Waals surface area contributed by atoms with Crippen LogP contribution in [0.5, 0.6) is 0 Å². The van der Waals surface area contributed by atoms with Gasteiger partial charge in [0.2, 0.25) is 0 Å². The third-order valence-corrected chi connectivity index (χ3v) is 5.95. The quantitative estimate of drug-likeness (QED) is 0.815. The zero-order chi connectivity index (χ0) is 15.8. The van der Waals surface area contributed by atoms with Crippen molar-refractivity contribution in [3.63, 3.8) is 0 Å². The van der Waals surface area contributed by atoms with E-state index in [1.807, 2.05) is 25.1 Å². The normalized spacial score (nSPS) is 20.7. The van der Waals surface area contributed by atoms with Crippen molar-refractivity contribution in [2.24, 2.45) is 0 Å². The van der Waals surface area contributed by atoms with E-state index in [1.165, 1.54) is 4.31 Å². The van der Waals surface area contributed by atoms with E-state index in [9.17, 15) is 13.2 Å². The molecule has 0 amide bonds. The van der Waals surface area contributed by atoms with E-state index in [-0.39, 0.29) is 11.4 Å². The molecule has 22 heavy (non-hydrogen) atoms. The summed E-state index contributed by atoms with van der Waals surface area (Å²) in [4.78, 5) is 11.3. The number of para-hydroxylation sites is 1. The number of rotatable bonds is 4. The lowest BCUT2D eigenvalue weighted by molar-refractivity contribution is -0.108. The molecule has 1 heterocycles. The number of hydrogen-bond acceptors (Lipinski definition) is 3. The smallest absolute Gasteiger partial charge is 0.264 e. The fraction of sp³-hybridized carbons (Fsp3) is 0.235. The number of sulfonamides is 1. The van der Waals surface area contributed by atoms with Crippen LogP contribution < -0.4 is 4.31 Å². The SMILES string of the molecule is CC1(CC=O)CN(S(=O)(=O)c2ccccc2)c2ccccc21. The van der Waals surface area contributed by atoms with Gasteiger partial charge in [0.05, 0.1) is 10.6 Å². The highest BCUT2D eigenvalue weighted by Gasteiger charge is 2.43. The highest BCUT2D eigenvalue weighted by Crippen LogP contribution is 2.44. The number of carbonyl (C=O) groups is 1. The van der Waals surface area contributed by atoms with Gasteiger partial charge in [-0.15, -0.1) is 0 Å². The maximum Gasteiger partial charge on any atom is 0.264 e. The van der Waals surface area contributed by atoms with Crippen LogP contribution >= 0.6 is 0 Å². The summed E-state index contributed by atoms with van der Waals surface area (Å²) in [6, 6.07) is 15.8. The Morgan fingerprint density at radius 3 is 2.41 bits per heavy atom. The zero-order valence-corrected chi connectivity index (χ0v) is 13.1. The second-order valence-corrected chi connectivity index (χ2v) is 7.64. The van der Waals surface area contributed by atoms with Crippen LogP contribution in [-0.4, -0.2) is 21.2 Å². The van der Waals surface area contributed by atoms with E-state index in [4.69, 9.17) is 0 Å². The van der Waals surface area contributed by atoms with Crippen molar-refractivity contribution in [3.05, 3.63) is 60.2 Å². The van der Waals surface area contributed by atoms with Crippen LogP contribution in [0.1, 0.15) is 18.9 Å². The van der Waals surface area contributed by atoms with Gasteiger partial charge in [-0.1, -0.05) is 43.3 Å². The van der Waals surface area contributed by atoms with Crippen LogP contribution in [0.3, 0.4) is 0 Å². The Morgan fingerprint density at radius 2 is 1.73 bits per heavy atom. The molecule has 0 saturated heterocycles. The second kappa shape index (κ2) is 5.25. The molecule has 4 nitrogen and oxygen atoms in total. The van der Waals surface area contributed by atoms with E-state index >= 15 is 0 Å². The van der Waals surface area contributed by atoms with E-state index in [2.05, 4.69) is 0 Å². The molecule has 114 valence electrons. The number of anilines is 1. The summed E-state index contributed by atoms with van der Waals surface area (Å²) in [7, 11) is -3.62. The summed E-state index contributed by atoms with van der Waals surface area (Å²) >= 11 is 0. The van der Waals surface area contributed by atoms with Crippen LogP contribution in [-0.2, 0) is 20.2 Å². The molecule has 0 radical (unpaired) electrons. The Labute approximate surface area is 130 Å². The molecule has 1 unspecified atom stereocenters. The van der Waals surface area contributed by atoms with Gasteiger partial charge in [0.25, 0.3) is 10.0 Å². The van der Waals surface area contributed by atoms with Crippen molar-refractivity contribution in [2.45, 2.75) is 23.7 Å². The third kappa shape index (κ3) is 2.22. The van der Waals surface area contributed by atoms with Gasteiger partial charge in [-0.05, 0) is 23.8 Å². The zero-order valence-electron chi connectivity index (χ0n) is 12.3. The van der Waals surface area contributed by atoms with Crippen molar-refractivity contribution in [1.29, 1.82) is 0 Å². The molecule has 2 aromatic carbocycles. The number of benzene rings is 2. The van der Waals surface area contributed by atoms with E-state index in [0.717, 1.165) is 11.8 Å². The minimum Gasteiger partial charge on any atom is -0.303 e. The first-order valence-electron chi connectivity index (χ1n) is 7.10. The molecule has 3 rings (SSSR count). The minimum absolute atomic E-state index is 0.264. The summed E-state index contributed by atoms with van der Waals surface area (Å²) in [6.45, 7) is 2.21. The Hall–Kier alpha value is -2.14. The van der Waals surface area contributed by atoms with Gasteiger partial charge in [-0.25, -0.2) is 8.42 Å². The Balaban J connectivity index is 2.12. The molecule has 1 aliphatic heterocycles.